The van der Waals surface area contributed by atoms with Gasteiger partial charge in [0.2, 0.25) is 0 Å². The average Bonchev–Trinajstić information content (AvgIpc) is 2.24. The summed E-state index contributed by atoms with van der Waals surface area (Å²) in [6.07, 6.45) is 1.61. The summed E-state index contributed by atoms with van der Waals surface area (Å²) in [5.41, 5.74) is 1.08. The third-order valence-electron chi connectivity index (χ3n) is 2.11. The molecule has 0 unspecified atom stereocenters. The van der Waals surface area contributed by atoms with E-state index in [0.29, 0.717) is 5.82 Å². The fourth-order valence-corrected chi connectivity index (χ4v) is 1.34. The number of nitrogens with zero attached hydrogens (tertiary/aromatic N) is 1. The van der Waals surface area contributed by atoms with Crippen molar-refractivity contribution < 1.29 is 8.78 Å². The maximum atomic E-state index is 13.3. The van der Waals surface area contributed by atoms with Crippen LogP contribution in [-0.2, 0) is 0 Å². The maximum absolute atomic E-state index is 13.3. The summed E-state index contributed by atoms with van der Waals surface area (Å²) >= 11 is 0. The lowest BCUT2D eigenvalue weighted by Crippen LogP contribution is -1.97. The van der Waals surface area contributed by atoms with E-state index in [9.17, 15) is 8.78 Å². The average molecular weight is 220 g/mol. The number of benzene rings is 1. The van der Waals surface area contributed by atoms with Gasteiger partial charge < -0.3 is 5.32 Å². The van der Waals surface area contributed by atoms with Crippen LogP contribution in [0, 0.1) is 18.6 Å². The molecule has 2 rings (SSSR count). The Hall–Kier alpha value is -1.97. The van der Waals surface area contributed by atoms with E-state index in [-0.39, 0.29) is 5.69 Å². The molecule has 0 saturated heterocycles. The summed E-state index contributed by atoms with van der Waals surface area (Å²) in [5.74, 6) is -0.509. The largest absolute Gasteiger partial charge is 0.338 e. The predicted octanol–water partition coefficient (Wildman–Crippen LogP) is 3.41. The molecule has 0 atom stereocenters. The van der Waals surface area contributed by atoms with E-state index in [1.54, 1.807) is 12.3 Å². The van der Waals surface area contributed by atoms with Crippen LogP contribution in [0.4, 0.5) is 20.3 Å². The van der Waals surface area contributed by atoms with Crippen molar-refractivity contribution in [2.75, 3.05) is 5.32 Å². The minimum absolute atomic E-state index is 0.0816. The first-order valence-electron chi connectivity index (χ1n) is 4.80. The SMILES string of the molecule is Cc1ccnc(Nc2cc(F)ccc2F)c1. The maximum Gasteiger partial charge on any atom is 0.146 e. The molecule has 1 N–H and O–H groups in total. The molecule has 16 heavy (non-hydrogen) atoms. The van der Waals surface area contributed by atoms with Gasteiger partial charge in [0.15, 0.2) is 0 Å². The smallest absolute Gasteiger partial charge is 0.146 e. The highest BCUT2D eigenvalue weighted by molar-refractivity contribution is 5.57. The fraction of sp³-hybridized carbons (Fsp3) is 0.0833. The Labute approximate surface area is 92.0 Å². The van der Waals surface area contributed by atoms with Gasteiger partial charge in [0.05, 0.1) is 5.69 Å². The first kappa shape index (κ1) is 10.5. The molecule has 2 aromatic rings. The Morgan fingerprint density at radius 2 is 1.94 bits per heavy atom. The second-order valence-corrected chi connectivity index (χ2v) is 3.47. The van der Waals surface area contributed by atoms with Gasteiger partial charge in [-0.15, -0.1) is 0 Å². The van der Waals surface area contributed by atoms with Gasteiger partial charge in [-0.2, -0.15) is 0 Å². The second-order valence-electron chi connectivity index (χ2n) is 3.47. The zero-order chi connectivity index (χ0) is 11.5. The fourth-order valence-electron chi connectivity index (χ4n) is 1.34. The van der Waals surface area contributed by atoms with Gasteiger partial charge in [0, 0.05) is 12.3 Å². The van der Waals surface area contributed by atoms with Crippen LogP contribution < -0.4 is 5.32 Å². The lowest BCUT2D eigenvalue weighted by molar-refractivity contribution is 0.603. The van der Waals surface area contributed by atoms with E-state index >= 15 is 0 Å². The van der Waals surface area contributed by atoms with E-state index in [1.807, 2.05) is 13.0 Å². The van der Waals surface area contributed by atoms with Crippen LogP contribution in [0.5, 0.6) is 0 Å². The van der Waals surface area contributed by atoms with Gasteiger partial charge >= 0.3 is 0 Å². The summed E-state index contributed by atoms with van der Waals surface area (Å²) in [6, 6.07) is 6.83. The number of pyridine rings is 1. The van der Waals surface area contributed by atoms with Crippen molar-refractivity contribution in [1.82, 2.24) is 4.98 Å². The van der Waals surface area contributed by atoms with Crippen LogP contribution in [0.2, 0.25) is 0 Å². The highest BCUT2D eigenvalue weighted by atomic mass is 19.1. The molecular formula is C12H10F2N2. The van der Waals surface area contributed by atoms with Gasteiger partial charge in [0.1, 0.15) is 17.5 Å². The summed E-state index contributed by atoms with van der Waals surface area (Å²) in [7, 11) is 0. The minimum atomic E-state index is -0.510. The highest BCUT2D eigenvalue weighted by Crippen LogP contribution is 2.19. The molecule has 82 valence electrons. The van der Waals surface area contributed by atoms with Crippen molar-refractivity contribution in [1.29, 1.82) is 0 Å². The van der Waals surface area contributed by atoms with E-state index in [1.165, 1.54) is 0 Å². The number of rotatable bonds is 2. The van der Waals surface area contributed by atoms with Crippen molar-refractivity contribution in [3.63, 3.8) is 0 Å². The van der Waals surface area contributed by atoms with Gasteiger partial charge in [-0.1, -0.05) is 0 Å². The second kappa shape index (κ2) is 4.26. The summed E-state index contributed by atoms with van der Waals surface area (Å²) in [5, 5.41) is 2.73. The van der Waals surface area contributed by atoms with E-state index in [4.69, 9.17) is 0 Å². The monoisotopic (exact) mass is 220 g/mol. The zero-order valence-corrected chi connectivity index (χ0v) is 8.67. The van der Waals surface area contributed by atoms with Crippen molar-refractivity contribution in [3.8, 4) is 0 Å². The lowest BCUT2D eigenvalue weighted by atomic mass is 10.2. The number of hydrogen-bond donors (Lipinski definition) is 1. The molecule has 1 heterocycles. The van der Waals surface area contributed by atoms with Gasteiger partial charge in [-0.3, -0.25) is 0 Å². The zero-order valence-electron chi connectivity index (χ0n) is 8.67. The molecule has 0 bridgehead atoms. The van der Waals surface area contributed by atoms with Crippen LogP contribution in [0.25, 0.3) is 0 Å². The predicted molar refractivity (Wildman–Crippen MR) is 58.6 cm³/mol. The normalized spacial score (nSPS) is 10.2. The number of hydrogen-bond acceptors (Lipinski definition) is 2. The molecule has 0 aliphatic rings. The lowest BCUT2D eigenvalue weighted by Gasteiger charge is -2.07. The third-order valence-corrected chi connectivity index (χ3v) is 2.11. The topological polar surface area (TPSA) is 24.9 Å². The minimum Gasteiger partial charge on any atom is -0.338 e. The van der Waals surface area contributed by atoms with E-state index < -0.39 is 11.6 Å². The Kier molecular flexibility index (Phi) is 2.81. The molecule has 2 nitrogen and oxygen atoms in total. The van der Waals surface area contributed by atoms with Crippen molar-refractivity contribution in [3.05, 3.63) is 53.7 Å². The van der Waals surface area contributed by atoms with Crippen LogP contribution in [0.15, 0.2) is 36.5 Å². The third kappa shape index (κ3) is 2.34. The van der Waals surface area contributed by atoms with Crippen molar-refractivity contribution in [2.24, 2.45) is 0 Å². The summed E-state index contributed by atoms with van der Waals surface area (Å²) < 4.78 is 26.2. The molecule has 0 saturated carbocycles. The van der Waals surface area contributed by atoms with Crippen molar-refractivity contribution >= 4 is 11.5 Å². The molecule has 0 radical (unpaired) electrons. The van der Waals surface area contributed by atoms with E-state index in [0.717, 1.165) is 23.8 Å². The van der Waals surface area contributed by atoms with Gasteiger partial charge in [0.25, 0.3) is 0 Å². The molecule has 0 amide bonds. The van der Waals surface area contributed by atoms with Crippen LogP contribution >= 0.6 is 0 Å². The van der Waals surface area contributed by atoms with E-state index in [2.05, 4.69) is 10.3 Å². The molecule has 4 heteroatoms. The van der Waals surface area contributed by atoms with Crippen LogP contribution in [0.1, 0.15) is 5.56 Å². The molecule has 1 aromatic carbocycles. The molecule has 0 aliphatic heterocycles. The molecule has 0 fully saturated rings. The van der Waals surface area contributed by atoms with Crippen molar-refractivity contribution in [2.45, 2.75) is 6.92 Å². The Morgan fingerprint density at radius 1 is 1.12 bits per heavy atom. The standard InChI is InChI=1S/C12H10F2N2/c1-8-4-5-15-12(6-8)16-11-7-9(13)2-3-10(11)14/h2-7H,1H3,(H,15,16). The van der Waals surface area contributed by atoms with Crippen LogP contribution in [-0.4, -0.2) is 4.98 Å². The first-order valence-corrected chi connectivity index (χ1v) is 4.80. The number of aromatic nitrogens is 1. The summed E-state index contributed by atoms with van der Waals surface area (Å²) in [4.78, 5) is 4.01. The highest BCUT2D eigenvalue weighted by Gasteiger charge is 2.04. The Bertz CT molecular complexity index is 512. The Morgan fingerprint density at radius 3 is 2.69 bits per heavy atom. The molecule has 0 spiro atoms. The molecule has 1 aromatic heterocycles. The quantitative estimate of drug-likeness (QED) is 0.838. The number of anilines is 2. The molecular weight excluding hydrogens is 210 g/mol. The summed E-state index contributed by atoms with van der Waals surface area (Å²) in [6.45, 7) is 1.90. The Balaban J connectivity index is 2.30. The number of nitrogens with one attached hydrogen (secondary N) is 1. The number of aryl methyl sites for hydroxylation is 1. The van der Waals surface area contributed by atoms with Gasteiger partial charge in [-0.05, 0) is 36.8 Å². The number of halogens is 2. The first-order chi connectivity index (χ1) is 7.65. The molecule has 0 aliphatic carbocycles. The van der Waals surface area contributed by atoms with Crippen LogP contribution in [0.3, 0.4) is 0 Å². The van der Waals surface area contributed by atoms with Gasteiger partial charge in [-0.25, -0.2) is 13.8 Å².